The minimum absolute atomic E-state index is 0.0126. The molecule has 152 valence electrons. The van der Waals surface area contributed by atoms with Crippen LogP contribution in [0, 0.1) is 5.92 Å². The minimum Gasteiger partial charge on any atom is -0.355 e. The average molecular weight is 393 g/mol. The molecule has 7 nitrogen and oxygen atoms in total. The Morgan fingerprint density at radius 1 is 1.10 bits per heavy atom. The van der Waals surface area contributed by atoms with Crippen molar-refractivity contribution in [1.29, 1.82) is 0 Å². The highest BCUT2D eigenvalue weighted by Gasteiger charge is 2.28. The maximum Gasteiger partial charge on any atom is 0.224 e. The van der Waals surface area contributed by atoms with E-state index in [-0.39, 0.29) is 11.8 Å². The summed E-state index contributed by atoms with van der Waals surface area (Å²) in [5.41, 5.74) is 2.81. The molecule has 1 N–H and O–H groups in total. The summed E-state index contributed by atoms with van der Waals surface area (Å²) < 4.78 is 2.14. The molecule has 2 fully saturated rings. The molecule has 0 aromatic carbocycles. The van der Waals surface area contributed by atoms with Gasteiger partial charge in [0.15, 0.2) is 11.5 Å². The summed E-state index contributed by atoms with van der Waals surface area (Å²) in [7, 11) is 0. The molecule has 5 rings (SSSR count). The average Bonchev–Trinajstić information content (AvgIpc) is 3.45. The number of hydrogen-bond acceptors (Lipinski definition) is 5. The Balaban J connectivity index is 1.31. The Labute approximate surface area is 170 Å². The van der Waals surface area contributed by atoms with Gasteiger partial charge in [0.05, 0.1) is 17.0 Å². The van der Waals surface area contributed by atoms with Gasteiger partial charge in [-0.1, -0.05) is 0 Å². The third-order valence-electron chi connectivity index (χ3n) is 6.23. The van der Waals surface area contributed by atoms with Gasteiger partial charge in [0.1, 0.15) is 0 Å². The summed E-state index contributed by atoms with van der Waals surface area (Å²) in [4.78, 5) is 26.8. The Bertz CT molecular complexity index is 1010. The van der Waals surface area contributed by atoms with Crippen LogP contribution in [0.15, 0.2) is 36.7 Å². The number of carbonyl (C=O) groups excluding carboxylic acids is 1. The molecule has 1 atom stereocenters. The topological polar surface area (TPSA) is 65.8 Å². The SMILES string of the molecule is O=C(NCCN1CCCC1)[C@@H]1CCCN(c2nc3ncccc3n3cccc23)C1. The van der Waals surface area contributed by atoms with E-state index in [1.807, 2.05) is 18.2 Å². The monoisotopic (exact) mass is 392 g/mol. The zero-order chi connectivity index (χ0) is 19.6. The van der Waals surface area contributed by atoms with Crippen molar-refractivity contribution in [1.82, 2.24) is 24.6 Å². The second-order valence-electron chi connectivity index (χ2n) is 8.17. The number of piperidine rings is 1. The number of nitrogens with one attached hydrogen (secondary N) is 1. The van der Waals surface area contributed by atoms with Gasteiger partial charge in [0, 0.05) is 38.6 Å². The standard InChI is InChI=1S/C22H28N6O/c29-22(24-10-15-26-11-1-2-12-26)17-6-4-13-27(16-17)21-19-8-5-14-28(19)18-7-3-9-23-20(18)25-21/h3,5,7-9,14,17H,1-2,4,6,10-13,15-16H2,(H,24,29)/t17-/m1/s1. The van der Waals surface area contributed by atoms with Crippen LogP contribution in [-0.2, 0) is 4.79 Å². The largest absolute Gasteiger partial charge is 0.355 e. The molecule has 1 amide bonds. The van der Waals surface area contributed by atoms with Crippen LogP contribution >= 0.6 is 0 Å². The smallest absolute Gasteiger partial charge is 0.224 e. The predicted octanol–water partition coefficient (Wildman–Crippen LogP) is 2.31. The van der Waals surface area contributed by atoms with E-state index in [0.717, 1.165) is 55.0 Å². The first-order valence-electron chi connectivity index (χ1n) is 10.8. The second kappa shape index (κ2) is 7.99. The molecule has 2 saturated heterocycles. The number of anilines is 1. The van der Waals surface area contributed by atoms with Gasteiger partial charge in [-0.2, -0.15) is 0 Å². The number of likely N-dealkylation sites (tertiary alicyclic amines) is 1. The van der Waals surface area contributed by atoms with Gasteiger partial charge in [0.2, 0.25) is 5.91 Å². The summed E-state index contributed by atoms with van der Waals surface area (Å²) in [5, 5.41) is 3.17. The predicted molar refractivity (Wildman–Crippen MR) is 114 cm³/mol. The van der Waals surface area contributed by atoms with Crippen LogP contribution in [0.4, 0.5) is 5.82 Å². The fourth-order valence-electron chi connectivity index (χ4n) is 4.70. The summed E-state index contributed by atoms with van der Waals surface area (Å²) in [6, 6.07) is 8.11. The lowest BCUT2D eigenvalue weighted by Gasteiger charge is -2.33. The van der Waals surface area contributed by atoms with E-state index in [4.69, 9.17) is 4.98 Å². The third-order valence-corrected chi connectivity index (χ3v) is 6.23. The van der Waals surface area contributed by atoms with Crippen molar-refractivity contribution in [3.05, 3.63) is 36.7 Å². The molecular formula is C22H28N6O. The van der Waals surface area contributed by atoms with Gasteiger partial charge >= 0.3 is 0 Å². The fourth-order valence-corrected chi connectivity index (χ4v) is 4.70. The van der Waals surface area contributed by atoms with Crippen molar-refractivity contribution < 1.29 is 4.79 Å². The number of hydrogen-bond donors (Lipinski definition) is 1. The minimum atomic E-state index is 0.0126. The van der Waals surface area contributed by atoms with Crippen LogP contribution in [0.5, 0.6) is 0 Å². The Hall–Kier alpha value is -2.67. The van der Waals surface area contributed by atoms with Crippen molar-refractivity contribution in [2.24, 2.45) is 5.92 Å². The van der Waals surface area contributed by atoms with Gasteiger partial charge in [-0.3, -0.25) is 4.79 Å². The van der Waals surface area contributed by atoms with Gasteiger partial charge in [-0.25, -0.2) is 9.97 Å². The fraction of sp³-hybridized carbons (Fsp3) is 0.500. The van der Waals surface area contributed by atoms with Crippen molar-refractivity contribution in [3.63, 3.8) is 0 Å². The van der Waals surface area contributed by atoms with E-state index in [1.165, 1.54) is 25.9 Å². The van der Waals surface area contributed by atoms with E-state index in [1.54, 1.807) is 6.20 Å². The molecule has 0 unspecified atom stereocenters. The maximum absolute atomic E-state index is 12.8. The van der Waals surface area contributed by atoms with Gasteiger partial charge < -0.3 is 19.5 Å². The molecule has 0 spiro atoms. The number of pyridine rings is 1. The van der Waals surface area contributed by atoms with Crippen LogP contribution in [0.3, 0.4) is 0 Å². The zero-order valence-corrected chi connectivity index (χ0v) is 16.8. The number of fused-ring (bicyclic) bond motifs is 3. The molecule has 0 bridgehead atoms. The number of aromatic nitrogens is 3. The van der Waals surface area contributed by atoms with Gasteiger partial charge in [-0.15, -0.1) is 0 Å². The lowest BCUT2D eigenvalue weighted by atomic mass is 9.97. The molecule has 0 radical (unpaired) electrons. The van der Waals surface area contributed by atoms with Crippen LogP contribution in [0.25, 0.3) is 16.7 Å². The van der Waals surface area contributed by atoms with E-state index >= 15 is 0 Å². The highest BCUT2D eigenvalue weighted by atomic mass is 16.1. The van der Waals surface area contributed by atoms with E-state index in [0.29, 0.717) is 6.54 Å². The molecule has 3 aromatic rings. The molecule has 2 aliphatic heterocycles. The van der Waals surface area contributed by atoms with Crippen molar-refractivity contribution in [2.75, 3.05) is 44.2 Å². The van der Waals surface area contributed by atoms with Crippen LogP contribution in [-0.4, -0.2) is 64.4 Å². The van der Waals surface area contributed by atoms with E-state index in [2.05, 4.69) is 36.8 Å². The van der Waals surface area contributed by atoms with E-state index in [9.17, 15) is 4.79 Å². The first-order chi connectivity index (χ1) is 14.3. The molecule has 29 heavy (non-hydrogen) atoms. The third kappa shape index (κ3) is 3.67. The summed E-state index contributed by atoms with van der Waals surface area (Å²) in [6.07, 6.45) is 8.34. The first kappa shape index (κ1) is 18.4. The highest BCUT2D eigenvalue weighted by molar-refractivity contribution is 5.84. The second-order valence-corrected chi connectivity index (χ2v) is 8.17. The zero-order valence-electron chi connectivity index (χ0n) is 16.8. The Kier molecular flexibility index (Phi) is 5.06. The maximum atomic E-state index is 12.8. The first-order valence-corrected chi connectivity index (χ1v) is 10.8. The summed E-state index contributed by atoms with van der Waals surface area (Å²) >= 11 is 0. The molecule has 0 saturated carbocycles. The normalized spacial score (nSPS) is 20.6. The van der Waals surface area contributed by atoms with Crippen LogP contribution < -0.4 is 10.2 Å². The van der Waals surface area contributed by atoms with Crippen molar-refractivity contribution in [3.8, 4) is 0 Å². The van der Waals surface area contributed by atoms with Crippen LogP contribution in [0.1, 0.15) is 25.7 Å². The van der Waals surface area contributed by atoms with E-state index < -0.39 is 0 Å². The van der Waals surface area contributed by atoms with Gasteiger partial charge in [-0.05, 0) is 63.0 Å². The number of amides is 1. The van der Waals surface area contributed by atoms with Crippen molar-refractivity contribution >= 4 is 28.4 Å². The number of rotatable bonds is 5. The Morgan fingerprint density at radius 3 is 2.86 bits per heavy atom. The number of nitrogens with zero attached hydrogens (tertiary/aromatic N) is 5. The summed E-state index contributed by atoms with van der Waals surface area (Å²) in [6.45, 7) is 5.68. The molecule has 3 aromatic heterocycles. The molecule has 2 aliphatic rings. The van der Waals surface area contributed by atoms with Crippen molar-refractivity contribution in [2.45, 2.75) is 25.7 Å². The lowest BCUT2D eigenvalue weighted by Crippen LogP contribution is -2.45. The number of carbonyl (C=O) groups is 1. The molecule has 0 aliphatic carbocycles. The lowest BCUT2D eigenvalue weighted by molar-refractivity contribution is -0.125. The highest BCUT2D eigenvalue weighted by Crippen LogP contribution is 2.28. The Morgan fingerprint density at radius 2 is 1.97 bits per heavy atom. The molecular weight excluding hydrogens is 364 g/mol. The van der Waals surface area contributed by atoms with Gasteiger partial charge in [0.25, 0.3) is 0 Å². The molecule has 7 heteroatoms. The summed E-state index contributed by atoms with van der Waals surface area (Å²) in [5.74, 6) is 1.12. The molecule has 5 heterocycles. The quantitative estimate of drug-likeness (QED) is 0.722. The van der Waals surface area contributed by atoms with Crippen LogP contribution in [0.2, 0.25) is 0 Å².